The Balaban J connectivity index is 1.47. The number of nitrogens with zero attached hydrogens (tertiary/aromatic N) is 1. The average molecular weight is 528 g/mol. The van der Waals surface area contributed by atoms with E-state index in [1.807, 2.05) is 0 Å². The summed E-state index contributed by atoms with van der Waals surface area (Å²) in [7, 11) is 3.00. The van der Waals surface area contributed by atoms with Crippen LogP contribution in [0, 0.1) is 11.3 Å². The molecule has 0 aromatic heterocycles. The highest BCUT2D eigenvalue weighted by Gasteiger charge is 2.58. The zero-order chi connectivity index (χ0) is 27.1. The summed E-state index contributed by atoms with van der Waals surface area (Å²) in [5.74, 6) is 0.695. The van der Waals surface area contributed by atoms with Crippen LogP contribution in [0.1, 0.15) is 76.3 Å². The van der Waals surface area contributed by atoms with E-state index < -0.39 is 18.0 Å². The predicted molar refractivity (Wildman–Crippen MR) is 141 cm³/mol. The largest absolute Gasteiger partial charge is 0.497 e. The summed E-state index contributed by atoms with van der Waals surface area (Å²) in [6.45, 7) is 8.64. The van der Waals surface area contributed by atoms with Crippen molar-refractivity contribution in [2.45, 2.75) is 83.3 Å². The Morgan fingerprint density at radius 1 is 1.16 bits per heavy atom. The van der Waals surface area contributed by atoms with E-state index in [-0.39, 0.29) is 36.1 Å². The van der Waals surface area contributed by atoms with E-state index in [9.17, 15) is 9.59 Å². The van der Waals surface area contributed by atoms with Crippen LogP contribution < -0.4 is 9.47 Å². The Morgan fingerprint density at radius 2 is 1.92 bits per heavy atom. The molecule has 4 aliphatic rings. The van der Waals surface area contributed by atoms with Gasteiger partial charge in [-0.1, -0.05) is 27.2 Å². The van der Waals surface area contributed by atoms with Gasteiger partial charge in [-0.15, -0.1) is 0 Å². The van der Waals surface area contributed by atoms with Crippen molar-refractivity contribution < 1.29 is 33.3 Å². The Bertz CT molecular complexity index is 1110. The molecule has 8 nitrogen and oxygen atoms in total. The van der Waals surface area contributed by atoms with Crippen molar-refractivity contribution in [3.8, 4) is 11.5 Å². The van der Waals surface area contributed by atoms with Crippen molar-refractivity contribution in [3.05, 3.63) is 35.1 Å². The molecule has 0 radical (unpaired) electrons. The molecule has 208 valence electrons. The molecule has 3 aliphatic heterocycles. The lowest BCUT2D eigenvalue weighted by Crippen LogP contribution is -2.47. The molecule has 38 heavy (non-hydrogen) atoms. The zero-order valence-corrected chi connectivity index (χ0v) is 23.3. The van der Waals surface area contributed by atoms with E-state index in [0.717, 1.165) is 62.3 Å². The molecule has 4 atom stereocenters. The Labute approximate surface area is 225 Å². The molecular weight excluding hydrogens is 486 g/mol. The molecular formula is C30H41NO7. The molecule has 1 saturated heterocycles. The van der Waals surface area contributed by atoms with Crippen molar-refractivity contribution in [3.63, 3.8) is 0 Å². The highest BCUT2D eigenvalue weighted by Crippen LogP contribution is 2.55. The molecule has 0 amide bonds. The summed E-state index contributed by atoms with van der Waals surface area (Å²) in [5, 5.41) is 0. The average Bonchev–Trinajstić information content (AvgIpc) is 3.56. The summed E-state index contributed by atoms with van der Waals surface area (Å²) >= 11 is 0. The molecule has 3 heterocycles. The van der Waals surface area contributed by atoms with Crippen LogP contribution >= 0.6 is 0 Å². The number of carbonyl (C=O) groups is 2. The molecule has 0 bridgehead atoms. The minimum atomic E-state index is -0.590. The minimum Gasteiger partial charge on any atom is -0.497 e. The van der Waals surface area contributed by atoms with E-state index in [2.05, 4.69) is 43.9 Å². The molecule has 3 unspecified atom stereocenters. The summed E-state index contributed by atoms with van der Waals surface area (Å²) in [6.07, 6.45) is 6.88. The van der Waals surface area contributed by atoms with Crippen LogP contribution in [-0.2, 0) is 30.2 Å². The first-order valence-corrected chi connectivity index (χ1v) is 13.9. The smallest absolute Gasteiger partial charge is 0.310 e. The molecule has 1 fully saturated rings. The zero-order valence-electron chi connectivity index (χ0n) is 23.3. The number of hydrogen-bond donors (Lipinski definition) is 0. The minimum absolute atomic E-state index is 0.00936. The van der Waals surface area contributed by atoms with Crippen molar-refractivity contribution in [1.29, 1.82) is 0 Å². The molecule has 0 N–H and O–H groups in total. The molecule has 1 aromatic rings. The third-order valence-electron chi connectivity index (χ3n) is 8.66. The second-order valence-corrected chi connectivity index (χ2v) is 12.3. The van der Waals surface area contributed by atoms with Crippen LogP contribution in [-0.4, -0.2) is 62.6 Å². The number of fused-ring (bicyclic) bond motifs is 3. The predicted octanol–water partition coefficient (Wildman–Crippen LogP) is 4.74. The summed E-state index contributed by atoms with van der Waals surface area (Å²) in [4.78, 5) is 28.5. The number of rotatable bonds is 8. The maximum absolute atomic E-state index is 13.7. The maximum atomic E-state index is 13.7. The molecule has 5 rings (SSSR count). The van der Waals surface area contributed by atoms with Crippen LogP contribution in [0.5, 0.6) is 11.5 Å². The van der Waals surface area contributed by atoms with Gasteiger partial charge in [-0.05, 0) is 73.4 Å². The van der Waals surface area contributed by atoms with Crippen LogP contribution in [0.25, 0.3) is 0 Å². The quantitative estimate of drug-likeness (QED) is 0.449. The van der Waals surface area contributed by atoms with Crippen molar-refractivity contribution >= 4 is 11.9 Å². The molecule has 1 aliphatic carbocycles. The summed E-state index contributed by atoms with van der Waals surface area (Å²) in [6, 6.07) is 4.16. The SMILES string of the molecule is COC(=O)C[C@H](CCCC(C)(C)C)C(=O)OC1C(OC)=CC23CCCN2CCc2cc4c(cc2C13)OCO4. The van der Waals surface area contributed by atoms with Crippen molar-refractivity contribution in [2.24, 2.45) is 11.3 Å². The van der Waals surface area contributed by atoms with Gasteiger partial charge in [-0.2, -0.15) is 0 Å². The second kappa shape index (κ2) is 10.4. The van der Waals surface area contributed by atoms with Gasteiger partial charge in [0.25, 0.3) is 0 Å². The van der Waals surface area contributed by atoms with Crippen LogP contribution in [0.3, 0.4) is 0 Å². The van der Waals surface area contributed by atoms with E-state index in [4.69, 9.17) is 23.7 Å². The fraction of sp³-hybridized carbons (Fsp3) is 0.667. The van der Waals surface area contributed by atoms with Gasteiger partial charge in [0.1, 0.15) is 5.76 Å². The van der Waals surface area contributed by atoms with Gasteiger partial charge in [0, 0.05) is 6.54 Å². The van der Waals surface area contributed by atoms with Crippen molar-refractivity contribution in [2.75, 3.05) is 34.1 Å². The van der Waals surface area contributed by atoms with Crippen LogP contribution in [0.2, 0.25) is 0 Å². The Hall–Kier alpha value is -2.74. The van der Waals surface area contributed by atoms with Gasteiger partial charge in [0.05, 0.1) is 38.0 Å². The van der Waals surface area contributed by atoms with E-state index in [1.54, 1.807) is 7.11 Å². The fourth-order valence-electron chi connectivity index (χ4n) is 6.78. The van der Waals surface area contributed by atoms with E-state index >= 15 is 0 Å². The molecule has 1 spiro atoms. The first-order chi connectivity index (χ1) is 18.1. The molecule has 0 saturated carbocycles. The van der Waals surface area contributed by atoms with Gasteiger partial charge >= 0.3 is 11.9 Å². The Morgan fingerprint density at radius 3 is 2.63 bits per heavy atom. The first kappa shape index (κ1) is 26.9. The summed E-state index contributed by atoms with van der Waals surface area (Å²) in [5.41, 5.74) is 2.17. The van der Waals surface area contributed by atoms with Crippen molar-refractivity contribution in [1.82, 2.24) is 4.90 Å². The van der Waals surface area contributed by atoms with E-state index in [1.165, 1.54) is 12.7 Å². The highest BCUT2D eigenvalue weighted by atomic mass is 16.7. The topological polar surface area (TPSA) is 83.5 Å². The number of esters is 2. The lowest BCUT2D eigenvalue weighted by Gasteiger charge is -2.39. The highest BCUT2D eigenvalue weighted by molar-refractivity contribution is 5.80. The number of methoxy groups -OCH3 is 2. The second-order valence-electron chi connectivity index (χ2n) is 12.3. The van der Waals surface area contributed by atoms with Gasteiger partial charge in [-0.3, -0.25) is 14.5 Å². The van der Waals surface area contributed by atoms with Gasteiger partial charge in [0.2, 0.25) is 6.79 Å². The van der Waals surface area contributed by atoms with Gasteiger partial charge in [-0.25, -0.2) is 0 Å². The number of hydrogen-bond acceptors (Lipinski definition) is 8. The van der Waals surface area contributed by atoms with Crippen LogP contribution in [0.15, 0.2) is 24.0 Å². The third-order valence-corrected chi connectivity index (χ3v) is 8.66. The van der Waals surface area contributed by atoms with E-state index in [0.29, 0.717) is 12.2 Å². The molecule has 1 aromatic carbocycles. The number of benzene rings is 1. The summed E-state index contributed by atoms with van der Waals surface area (Å²) < 4.78 is 28.6. The molecule has 8 heteroatoms. The van der Waals surface area contributed by atoms with Gasteiger partial charge in [0.15, 0.2) is 17.6 Å². The standard InChI is InChI=1S/C30H41NO7/c1-29(2,3)10-6-8-20(15-25(32)35-5)28(33)38-27-24(34-4)17-30-11-7-12-31(30)13-9-19-14-22-23(37-18-36-22)16-21(19)26(27)30/h14,16-17,20,26-27H,6-13,15,18H2,1-5H3/t20-,26?,27?,30?/m0/s1. The Kier molecular flexibility index (Phi) is 7.37. The lowest BCUT2D eigenvalue weighted by atomic mass is 9.77. The first-order valence-electron chi connectivity index (χ1n) is 13.9. The third kappa shape index (κ3) is 4.99. The maximum Gasteiger partial charge on any atom is 0.310 e. The van der Waals surface area contributed by atoms with Gasteiger partial charge < -0.3 is 23.7 Å². The monoisotopic (exact) mass is 527 g/mol. The number of ether oxygens (including phenoxy) is 5. The number of carbonyl (C=O) groups excluding carboxylic acids is 2. The fourth-order valence-corrected chi connectivity index (χ4v) is 6.78. The lowest BCUT2D eigenvalue weighted by molar-refractivity contribution is -0.159. The van der Waals surface area contributed by atoms with Crippen LogP contribution in [0.4, 0.5) is 0 Å². The normalized spacial score (nSPS) is 26.5.